The average molecular weight is 329 g/mol. The van der Waals surface area contributed by atoms with E-state index in [1.54, 1.807) is 20.3 Å². The lowest BCUT2D eigenvalue weighted by Gasteiger charge is -2.12. The predicted octanol–water partition coefficient (Wildman–Crippen LogP) is 2.96. The van der Waals surface area contributed by atoms with Gasteiger partial charge in [-0.15, -0.1) is 0 Å². The summed E-state index contributed by atoms with van der Waals surface area (Å²) in [6.07, 6.45) is 0.275. The van der Waals surface area contributed by atoms with Crippen molar-refractivity contribution in [2.45, 2.75) is 19.9 Å². The highest BCUT2D eigenvalue weighted by Crippen LogP contribution is 2.27. The zero-order valence-electron chi connectivity index (χ0n) is 14.3. The molecule has 5 heteroatoms. The van der Waals surface area contributed by atoms with E-state index in [0.717, 1.165) is 16.9 Å². The van der Waals surface area contributed by atoms with Gasteiger partial charge in [0.05, 0.1) is 27.2 Å². The maximum atomic E-state index is 12.2. The summed E-state index contributed by atoms with van der Waals surface area (Å²) in [5.41, 5.74) is 1.82. The van der Waals surface area contributed by atoms with Crippen LogP contribution in [0.4, 0.5) is 0 Å². The molecule has 24 heavy (non-hydrogen) atoms. The molecule has 0 radical (unpaired) electrons. The first-order chi connectivity index (χ1) is 11.7. The van der Waals surface area contributed by atoms with Gasteiger partial charge in [-0.3, -0.25) is 4.79 Å². The van der Waals surface area contributed by atoms with E-state index in [4.69, 9.17) is 14.2 Å². The third-order valence-corrected chi connectivity index (χ3v) is 3.56. The minimum atomic E-state index is -0.0616. The smallest absolute Gasteiger partial charge is 0.224 e. The average Bonchev–Trinajstić information content (AvgIpc) is 2.61. The molecule has 0 aliphatic heterocycles. The minimum absolute atomic E-state index is 0.0616. The van der Waals surface area contributed by atoms with E-state index >= 15 is 0 Å². The van der Waals surface area contributed by atoms with Crippen LogP contribution in [0.15, 0.2) is 42.5 Å². The molecule has 0 bridgehead atoms. The van der Waals surface area contributed by atoms with Crippen LogP contribution in [0.25, 0.3) is 0 Å². The van der Waals surface area contributed by atoms with Gasteiger partial charge in [0.1, 0.15) is 5.75 Å². The number of hydrogen-bond donors (Lipinski definition) is 1. The fourth-order valence-corrected chi connectivity index (χ4v) is 2.38. The van der Waals surface area contributed by atoms with Gasteiger partial charge >= 0.3 is 0 Å². The van der Waals surface area contributed by atoms with Gasteiger partial charge in [0.25, 0.3) is 0 Å². The molecule has 1 amide bonds. The van der Waals surface area contributed by atoms with Crippen molar-refractivity contribution in [1.82, 2.24) is 5.32 Å². The van der Waals surface area contributed by atoms with Gasteiger partial charge in [-0.1, -0.05) is 24.3 Å². The number of methoxy groups -OCH3 is 2. The van der Waals surface area contributed by atoms with Gasteiger partial charge in [-0.25, -0.2) is 0 Å². The second-order valence-corrected chi connectivity index (χ2v) is 5.18. The number of benzene rings is 2. The van der Waals surface area contributed by atoms with Gasteiger partial charge in [0.15, 0.2) is 11.5 Å². The van der Waals surface area contributed by atoms with Crippen LogP contribution >= 0.6 is 0 Å². The van der Waals surface area contributed by atoms with Gasteiger partial charge < -0.3 is 19.5 Å². The summed E-state index contributed by atoms with van der Waals surface area (Å²) in [6, 6.07) is 13.2. The molecule has 0 atom stereocenters. The Morgan fingerprint density at radius 1 is 1.00 bits per heavy atom. The van der Waals surface area contributed by atoms with E-state index in [1.807, 2.05) is 43.3 Å². The van der Waals surface area contributed by atoms with E-state index in [0.29, 0.717) is 24.7 Å². The maximum absolute atomic E-state index is 12.2. The molecule has 128 valence electrons. The third-order valence-electron chi connectivity index (χ3n) is 3.56. The van der Waals surface area contributed by atoms with Crippen LogP contribution in [0.5, 0.6) is 17.2 Å². The van der Waals surface area contributed by atoms with Crippen LogP contribution in [0.2, 0.25) is 0 Å². The van der Waals surface area contributed by atoms with E-state index in [9.17, 15) is 4.79 Å². The highest BCUT2D eigenvalue weighted by molar-refractivity contribution is 5.78. The molecule has 0 saturated carbocycles. The molecule has 2 aromatic rings. The molecule has 0 spiro atoms. The molecule has 2 aromatic carbocycles. The number of ether oxygens (including phenoxy) is 3. The molecule has 2 rings (SSSR count). The largest absolute Gasteiger partial charge is 0.494 e. The summed E-state index contributed by atoms with van der Waals surface area (Å²) >= 11 is 0. The van der Waals surface area contributed by atoms with Gasteiger partial charge in [-0.05, 0) is 30.7 Å². The van der Waals surface area contributed by atoms with Crippen molar-refractivity contribution in [2.24, 2.45) is 0 Å². The molecule has 0 aliphatic rings. The summed E-state index contributed by atoms with van der Waals surface area (Å²) in [4.78, 5) is 12.2. The Morgan fingerprint density at radius 3 is 2.46 bits per heavy atom. The fourth-order valence-electron chi connectivity index (χ4n) is 2.38. The summed E-state index contributed by atoms with van der Waals surface area (Å²) in [5, 5.41) is 2.92. The van der Waals surface area contributed by atoms with Crippen LogP contribution in [-0.4, -0.2) is 26.7 Å². The van der Waals surface area contributed by atoms with Crippen LogP contribution in [0, 0.1) is 0 Å². The zero-order chi connectivity index (χ0) is 17.4. The molecule has 0 fully saturated rings. The summed E-state index contributed by atoms with van der Waals surface area (Å²) in [7, 11) is 3.16. The van der Waals surface area contributed by atoms with Crippen molar-refractivity contribution in [3.8, 4) is 17.2 Å². The predicted molar refractivity (Wildman–Crippen MR) is 92.7 cm³/mol. The second-order valence-electron chi connectivity index (χ2n) is 5.18. The highest BCUT2D eigenvalue weighted by Gasteiger charge is 2.09. The maximum Gasteiger partial charge on any atom is 0.224 e. The Balaban J connectivity index is 1.97. The molecule has 0 aliphatic carbocycles. The molecule has 1 N–H and O–H groups in total. The first-order valence-corrected chi connectivity index (χ1v) is 7.86. The van der Waals surface area contributed by atoms with E-state index in [2.05, 4.69) is 5.32 Å². The number of carbonyl (C=O) groups excluding carboxylic acids is 1. The van der Waals surface area contributed by atoms with Crippen molar-refractivity contribution in [3.63, 3.8) is 0 Å². The molecule has 0 heterocycles. The van der Waals surface area contributed by atoms with Crippen LogP contribution < -0.4 is 19.5 Å². The number of carbonyl (C=O) groups is 1. The summed E-state index contributed by atoms with van der Waals surface area (Å²) in [6.45, 7) is 2.96. The number of hydrogen-bond acceptors (Lipinski definition) is 4. The van der Waals surface area contributed by atoms with E-state index in [-0.39, 0.29) is 12.3 Å². The van der Waals surface area contributed by atoms with Crippen molar-refractivity contribution in [2.75, 3.05) is 20.8 Å². The number of nitrogens with one attached hydrogen (secondary N) is 1. The van der Waals surface area contributed by atoms with E-state index in [1.165, 1.54) is 0 Å². The summed E-state index contributed by atoms with van der Waals surface area (Å²) < 4.78 is 16.0. The highest BCUT2D eigenvalue weighted by atomic mass is 16.5. The number of para-hydroxylation sites is 1. The Morgan fingerprint density at radius 2 is 1.75 bits per heavy atom. The topological polar surface area (TPSA) is 56.8 Å². The van der Waals surface area contributed by atoms with Crippen molar-refractivity contribution >= 4 is 5.91 Å². The normalized spacial score (nSPS) is 10.1. The monoisotopic (exact) mass is 329 g/mol. The van der Waals surface area contributed by atoms with Gasteiger partial charge in [0.2, 0.25) is 5.91 Å². The van der Waals surface area contributed by atoms with Crippen LogP contribution in [0.1, 0.15) is 18.1 Å². The van der Waals surface area contributed by atoms with Crippen LogP contribution in [-0.2, 0) is 17.8 Å². The van der Waals surface area contributed by atoms with Crippen molar-refractivity contribution in [1.29, 1.82) is 0 Å². The Kier molecular flexibility index (Phi) is 6.49. The molecule has 5 nitrogen and oxygen atoms in total. The molecule has 0 unspecified atom stereocenters. The standard InChI is InChI=1S/C19H23NO4/c1-4-24-16-8-6-5-7-15(16)13-20-19(21)12-14-9-10-17(22-2)18(11-14)23-3/h5-11H,4,12-13H2,1-3H3,(H,20,21). The summed E-state index contributed by atoms with van der Waals surface area (Å²) in [5.74, 6) is 2.00. The Bertz CT molecular complexity index is 685. The SMILES string of the molecule is CCOc1ccccc1CNC(=O)Cc1ccc(OC)c(OC)c1. The lowest BCUT2D eigenvalue weighted by molar-refractivity contribution is -0.120. The zero-order valence-corrected chi connectivity index (χ0v) is 14.3. The first-order valence-electron chi connectivity index (χ1n) is 7.86. The van der Waals surface area contributed by atoms with Crippen LogP contribution in [0.3, 0.4) is 0 Å². The van der Waals surface area contributed by atoms with Crippen molar-refractivity contribution in [3.05, 3.63) is 53.6 Å². The first kappa shape index (κ1) is 17.7. The Labute approximate surface area is 142 Å². The van der Waals surface area contributed by atoms with Gasteiger partial charge in [-0.2, -0.15) is 0 Å². The minimum Gasteiger partial charge on any atom is -0.494 e. The second kappa shape index (κ2) is 8.82. The third kappa shape index (κ3) is 4.65. The molecule has 0 aromatic heterocycles. The lowest BCUT2D eigenvalue weighted by atomic mass is 10.1. The number of amides is 1. The van der Waals surface area contributed by atoms with E-state index < -0.39 is 0 Å². The Hall–Kier alpha value is -2.69. The lowest BCUT2D eigenvalue weighted by Crippen LogP contribution is -2.24. The van der Waals surface area contributed by atoms with Crippen molar-refractivity contribution < 1.29 is 19.0 Å². The molecular weight excluding hydrogens is 306 g/mol. The molecule has 0 saturated heterocycles. The molecular formula is C19H23NO4. The number of rotatable bonds is 8. The van der Waals surface area contributed by atoms with Gasteiger partial charge in [0, 0.05) is 12.1 Å². The quantitative estimate of drug-likeness (QED) is 0.809. The fraction of sp³-hybridized carbons (Fsp3) is 0.316.